The molecule has 1 aliphatic carbocycles. The lowest BCUT2D eigenvalue weighted by molar-refractivity contribution is 0.491. The van der Waals surface area contributed by atoms with Crippen LogP contribution < -0.4 is 10.2 Å². The Bertz CT molecular complexity index is 430. The Morgan fingerprint density at radius 2 is 1.86 bits per heavy atom. The first-order chi connectivity index (χ1) is 10.2. The molecule has 2 rings (SSSR count). The van der Waals surface area contributed by atoms with Crippen LogP contribution >= 0.6 is 11.6 Å². The van der Waals surface area contributed by atoms with E-state index in [9.17, 15) is 0 Å². The largest absolute Gasteiger partial charge is 0.354 e. The van der Waals surface area contributed by atoms with E-state index in [-0.39, 0.29) is 5.28 Å². The van der Waals surface area contributed by atoms with E-state index in [1.165, 1.54) is 32.1 Å². The van der Waals surface area contributed by atoms with Gasteiger partial charge in [-0.15, -0.1) is 0 Å². The topological polar surface area (TPSA) is 53.9 Å². The zero-order valence-corrected chi connectivity index (χ0v) is 13.9. The molecule has 0 saturated heterocycles. The molecule has 0 unspecified atom stereocenters. The summed E-state index contributed by atoms with van der Waals surface area (Å²) in [6, 6.07) is 0. The molecule has 6 heteroatoms. The first-order valence-corrected chi connectivity index (χ1v) is 8.51. The maximum absolute atomic E-state index is 6.00. The fourth-order valence-electron chi connectivity index (χ4n) is 2.96. The van der Waals surface area contributed by atoms with Crippen LogP contribution in [0.5, 0.6) is 0 Å². The van der Waals surface area contributed by atoms with Gasteiger partial charge in [-0.25, -0.2) is 0 Å². The summed E-state index contributed by atoms with van der Waals surface area (Å²) in [5.41, 5.74) is 0. The highest BCUT2D eigenvalue weighted by Gasteiger charge is 2.14. The predicted octanol–water partition coefficient (Wildman–Crippen LogP) is 3.75. The average molecular weight is 312 g/mol. The van der Waals surface area contributed by atoms with Gasteiger partial charge in [0.1, 0.15) is 0 Å². The fourth-order valence-corrected chi connectivity index (χ4v) is 3.11. The first-order valence-electron chi connectivity index (χ1n) is 8.13. The van der Waals surface area contributed by atoms with Crippen LogP contribution in [0.2, 0.25) is 5.28 Å². The third kappa shape index (κ3) is 4.99. The summed E-state index contributed by atoms with van der Waals surface area (Å²) >= 11 is 6.00. The molecule has 0 aromatic carbocycles. The second-order valence-corrected chi connectivity index (χ2v) is 5.96. The van der Waals surface area contributed by atoms with Gasteiger partial charge in [0.05, 0.1) is 0 Å². The minimum Gasteiger partial charge on any atom is -0.354 e. The molecule has 0 amide bonds. The second kappa shape index (κ2) is 8.37. The Kier molecular flexibility index (Phi) is 6.49. The van der Waals surface area contributed by atoms with Crippen LogP contribution in [0.4, 0.5) is 11.9 Å². The molecule has 1 fully saturated rings. The average Bonchev–Trinajstić information content (AvgIpc) is 2.98. The minimum atomic E-state index is 0.255. The number of nitrogens with zero attached hydrogens (tertiary/aromatic N) is 4. The van der Waals surface area contributed by atoms with E-state index < -0.39 is 0 Å². The highest BCUT2D eigenvalue weighted by atomic mass is 35.5. The molecular formula is C15H26ClN5. The zero-order chi connectivity index (χ0) is 15.1. The number of aromatic nitrogens is 3. The maximum atomic E-state index is 6.00. The van der Waals surface area contributed by atoms with Gasteiger partial charge < -0.3 is 10.2 Å². The Hall–Kier alpha value is -1.10. The molecule has 1 aliphatic rings. The molecule has 1 saturated carbocycles. The van der Waals surface area contributed by atoms with E-state index in [0.717, 1.165) is 32.0 Å². The quantitative estimate of drug-likeness (QED) is 0.741. The summed E-state index contributed by atoms with van der Waals surface area (Å²) in [4.78, 5) is 14.9. The van der Waals surface area contributed by atoms with Crippen molar-refractivity contribution < 1.29 is 0 Å². The highest BCUT2D eigenvalue weighted by molar-refractivity contribution is 6.28. The lowest BCUT2D eigenvalue weighted by Crippen LogP contribution is -2.25. The van der Waals surface area contributed by atoms with Crippen LogP contribution in [-0.2, 0) is 0 Å². The maximum Gasteiger partial charge on any atom is 0.231 e. The van der Waals surface area contributed by atoms with Crippen LogP contribution in [0, 0.1) is 5.92 Å². The molecule has 5 nitrogen and oxygen atoms in total. The predicted molar refractivity (Wildman–Crippen MR) is 88.1 cm³/mol. The third-order valence-electron chi connectivity index (χ3n) is 4.19. The van der Waals surface area contributed by atoms with E-state index in [0.29, 0.717) is 11.9 Å². The van der Waals surface area contributed by atoms with Crippen LogP contribution in [0.25, 0.3) is 0 Å². The van der Waals surface area contributed by atoms with Gasteiger partial charge in [0.15, 0.2) is 0 Å². The summed E-state index contributed by atoms with van der Waals surface area (Å²) in [5, 5.41) is 3.53. The summed E-state index contributed by atoms with van der Waals surface area (Å²) in [5.74, 6) is 2.17. The SMILES string of the molecule is CCN(CC)c1nc(Cl)nc(NCCCC2CCCC2)n1. The molecule has 0 bridgehead atoms. The van der Waals surface area contributed by atoms with Crippen molar-refractivity contribution in [1.82, 2.24) is 15.0 Å². The van der Waals surface area contributed by atoms with E-state index >= 15 is 0 Å². The molecule has 21 heavy (non-hydrogen) atoms. The second-order valence-electron chi connectivity index (χ2n) is 5.62. The molecule has 0 atom stereocenters. The van der Waals surface area contributed by atoms with Crippen molar-refractivity contribution in [1.29, 1.82) is 0 Å². The standard InChI is InChI=1S/C15H26ClN5/c1-3-21(4-2)15-19-13(16)18-14(20-15)17-11-7-10-12-8-5-6-9-12/h12H,3-11H2,1-2H3,(H,17,18,19,20). The Morgan fingerprint density at radius 3 is 2.52 bits per heavy atom. The van der Waals surface area contributed by atoms with Gasteiger partial charge in [-0.05, 0) is 44.2 Å². The molecule has 118 valence electrons. The van der Waals surface area contributed by atoms with Crippen molar-refractivity contribution in [3.8, 4) is 0 Å². The summed E-state index contributed by atoms with van der Waals surface area (Å²) in [6.45, 7) is 6.77. The van der Waals surface area contributed by atoms with E-state index in [1.807, 2.05) is 0 Å². The van der Waals surface area contributed by atoms with Gasteiger partial charge in [-0.2, -0.15) is 15.0 Å². The summed E-state index contributed by atoms with van der Waals surface area (Å²) in [6.07, 6.45) is 8.10. The smallest absolute Gasteiger partial charge is 0.231 e. The normalized spacial score (nSPS) is 15.4. The Labute approximate surface area is 132 Å². The van der Waals surface area contributed by atoms with Crippen molar-refractivity contribution in [2.75, 3.05) is 29.9 Å². The van der Waals surface area contributed by atoms with Gasteiger partial charge in [0, 0.05) is 19.6 Å². The van der Waals surface area contributed by atoms with E-state index in [1.54, 1.807) is 0 Å². The van der Waals surface area contributed by atoms with Crippen molar-refractivity contribution in [3.63, 3.8) is 0 Å². The number of hydrogen-bond donors (Lipinski definition) is 1. The summed E-state index contributed by atoms with van der Waals surface area (Å²) < 4.78 is 0. The van der Waals surface area contributed by atoms with Crippen LogP contribution in [0.15, 0.2) is 0 Å². The van der Waals surface area contributed by atoms with Crippen molar-refractivity contribution in [3.05, 3.63) is 5.28 Å². The molecule has 0 spiro atoms. The molecule has 0 aliphatic heterocycles. The van der Waals surface area contributed by atoms with Gasteiger partial charge in [-0.3, -0.25) is 0 Å². The molecular weight excluding hydrogens is 286 g/mol. The fraction of sp³-hybridized carbons (Fsp3) is 0.800. The van der Waals surface area contributed by atoms with E-state index in [4.69, 9.17) is 11.6 Å². The van der Waals surface area contributed by atoms with Crippen molar-refractivity contribution in [2.45, 2.75) is 52.4 Å². The number of rotatable bonds is 8. The van der Waals surface area contributed by atoms with Crippen LogP contribution in [0.1, 0.15) is 52.4 Å². The van der Waals surface area contributed by atoms with Crippen molar-refractivity contribution >= 4 is 23.5 Å². The minimum absolute atomic E-state index is 0.255. The number of hydrogen-bond acceptors (Lipinski definition) is 5. The first kappa shape index (κ1) is 16.3. The number of nitrogens with one attached hydrogen (secondary N) is 1. The van der Waals surface area contributed by atoms with Gasteiger partial charge in [0.25, 0.3) is 0 Å². The third-order valence-corrected chi connectivity index (χ3v) is 4.36. The molecule has 0 radical (unpaired) electrons. The lowest BCUT2D eigenvalue weighted by Gasteiger charge is -2.18. The van der Waals surface area contributed by atoms with Crippen LogP contribution in [0.3, 0.4) is 0 Å². The number of halogens is 1. The molecule has 1 heterocycles. The van der Waals surface area contributed by atoms with E-state index in [2.05, 4.69) is 39.0 Å². The van der Waals surface area contributed by atoms with Gasteiger partial charge in [-0.1, -0.05) is 25.7 Å². The van der Waals surface area contributed by atoms with Gasteiger partial charge >= 0.3 is 0 Å². The van der Waals surface area contributed by atoms with Crippen molar-refractivity contribution in [2.24, 2.45) is 5.92 Å². The van der Waals surface area contributed by atoms with Crippen LogP contribution in [-0.4, -0.2) is 34.6 Å². The Balaban J connectivity index is 1.84. The molecule has 1 aromatic heterocycles. The molecule has 1 N–H and O–H groups in total. The lowest BCUT2D eigenvalue weighted by atomic mass is 10.0. The summed E-state index contributed by atoms with van der Waals surface area (Å²) in [7, 11) is 0. The monoisotopic (exact) mass is 311 g/mol. The van der Waals surface area contributed by atoms with Gasteiger partial charge in [0.2, 0.25) is 17.2 Å². The Morgan fingerprint density at radius 1 is 1.14 bits per heavy atom. The highest BCUT2D eigenvalue weighted by Crippen LogP contribution is 2.28. The number of anilines is 2. The zero-order valence-electron chi connectivity index (χ0n) is 13.1. The molecule has 1 aromatic rings.